The van der Waals surface area contributed by atoms with E-state index in [1.807, 2.05) is 27.7 Å². The summed E-state index contributed by atoms with van der Waals surface area (Å²) in [6.45, 7) is 7.47. The Morgan fingerprint density at radius 2 is 0.689 bits per heavy atom. The summed E-state index contributed by atoms with van der Waals surface area (Å²) < 4.78 is 99.0. The zero-order chi connectivity index (χ0) is 33.0. The number of hydrogen-bond acceptors (Lipinski definition) is 4. The Bertz CT molecular complexity index is 1580. The fourth-order valence-electron chi connectivity index (χ4n) is 5.19. The molecule has 0 bridgehead atoms. The Hall–Kier alpha value is -4.60. The van der Waals surface area contributed by atoms with Gasteiger partial charge in [0, 0.05) is 10.8 Å². The van der Waals surface area contributed by atoms with Crippen LogP contribution in [0.25, 0.3) is 0 Å². The van der Waals surface area contributed by atoms with Gasteiger partial charge in [-0.2, -0.15) is 26.3 Å². The lowest BCUT2D eigenvalue weighted by molar-refractivity contribution is -0.273. The lowest BCUT2D eigenvalue weighted by Crippen LogP contribution is -2.50. The van der Waals surface area contributed by atoms with Crippen LogP contribution < -0.4 is 9.47 Å². The molecule has 0 heterocycles. The third kappa shape index (κ3) is 5.36. The van der Waals surface area contributed by atoms with Gasteiger partial charge < -0.3 is 19.7 Å². The number of benzene rings is 4. The van der Waals surface area contributed by atoms with E-state index in [1.54, 1.807) is 24.3 Å². The van der Waals surface area contributed by atoms with Crippen LogP contribution in [0.3, 0.4) is 0 Å². The molecule has 4 aromatic carbocycles. The van der Waals surface area contributed by atoms with Crippen molar-refractivity contribution in [1.82, 2.24) is 0 Å². The van der Waals surface area contributed by atoms with Crippen LogP contribution in [0.2, 0.25) is 0 Å². The van der Waals surface area contributed by atoms with Gasteiger partial charge in [0.25, 0.3) is 0 Å². The maximum absolute atomic E-state index is 14.9. The maximum Gasteiger partial charge on any atom is 0.387 e. The van der Waals surface area contributed by atoms with E-state index in [2.05, 4.69) is 0 Å². The quantitative estimate of drug-likeness (QED) is 0.191. The molecular formula is C35H30F6O4. The van der Waals surface area contributed by atoms with E-state index in [0.717, 1.165) is 11.1 Å². The predicted octanol–water partition coefficient (Wildman–Crippen LogP) is 9.34. The van der Waals surface area contributed by atoms with Crippen molar-refractivity contribution in [3.8, 4) is 23.0 Å². The smallest absolute Gasteiger partial charge is 0.387 e. The van der Waals surface area contributed by atoms with Gasteiger partial charge in [-0.05, 0) is 70.8 Å². The van der Waals surface area contributed by atoms with Crippen LogP contribution in [0, 0.1) is 0 Å². The van der Waals surface area contributed by atoms with Crippen molar-refractivity contribution in [3.05, 3.63) is 131 Å². The van der Waals surface area contributed by atoms with Gasteiger partial charge in [0.2, 0.25) is 11.5 Å². The second-order valence-electron chi connectivity index (χ2n) is 12.0. The third-order valence-corrected chi connectivity index (χ3v) is 8.34. The normalized spacial score (nSPS) is 17.3. The van der Waals surface area contributed by atoms with E-state index in [4.69, 9.17) is 9.47 Å². The van der Waals surface area contributed by atoms with Crippen LogP contribution in [-0.2, 0) is 10.8 Å². The highest BCUT2D eigenvalue weighted by Crippen LogP contribution is 2.59. The van der Waals surface area contributed by atoms with Crippen molar-refractivity contribution >= 4 is 0 Å². The molecule has 0 unspecified atom stereocenters. The molecule has 4 nitrogen and oxygen atoms in total. The second kappa shape index (κ2) is 10.8. The topological polar surface area (TPSA) is 58.9 Å². The van der Waals surface area contributed by atoms with Gasteiger partial charge in [-0.15, -0.1) is 0 Å². The SMILES string of the molecule is CC(C)(c1ccc(O)cc1)c1ccc(OC2=C(Oc3ccc(C(C)(C)c4ccc(O)cc4)cc3)C(F)(F)C(F)(F)C2(F)F)cc1. The number of hydrogen-bond donors (Lipinski definition) is 2. The molecule has 0 spiro atoms. The van der Waals surface area contributed by atoms with Crippen LogP contribution in [0.5, 0.6) is 23.0 Å². The Morgan fingerprint density at radius 3 is 0.956 bits per heavy atom. The minimum Gasteiger partial charge on any atom is -0.508 e. The molecule has 0 aliphatic heterocycles. The summed E-state index contributed by atoms with van der Waals surface area (Å²) in [7, 11) is 0. The van der Waals surface area contributed by atoms with Crippen molar-refractivity contribution in [1.29, 1.82) is 0 Å². The summed E-state index contributed by atoms with van der Waals surface area (Å²) in [5.74, 6) is -21.2. The van der Waals surface area contributed by atoms with Crippen molar-refractivity contribution in [2.45, 2.75) is 56.3 Å². The van der Waals surface area contributed by atoms with E-state index in [9.17, 15) is 36.6 Å². The fraction of sp³-hybridized carbons (Fsp3) is 0.257. The number of alkyl halides is 6. The Morgan fingerprint density at radius 1 is 0.444 bits per heavy atom. The first kappa shape index (κ1) is 31.8. The first-order chi connectivity index (χ1) is 20.9. The Balaban J connectivity index is 1.45. The van der Waals surface area contributed by atoms with Crippen molar-refractivity contribution in [3.63, 3.8) is 0 Å². The summed E-state index contributed by atoms with van der Waals surface area (Å²) in [5.41, 5.74) is 1.73. The number of rotatable bonds is 8. The van der Waals surface area contributed by atoms with Gasteiger partial charge in [0.05, 0.1) is 0 Å². The van der Waals surface area contributed by atoms with Gasteiger partial charge in [-0.3, -0.25) is 0 Å². The van der Waals surface area contributed by atoms with Crippen LogP contribution in [0.15, 0.2) is 109 Å². The molecule has 10 heteroatoms. The van der Waals surface area contributed by atoms with Crippen LogP contribution in [0.1, 0.15) is 49.9 Å². The van der Waals surface area contributed by atoms with Gasteiger partial charge in [0.15, 0.2) is 0 Å². The van der Waals surface area contributed by atoms with Gasteiger partial charge in [-0.1, -0.05) is 76.2 Å². The summed E-state index contributed by atoms with van der Waals surface area (Å²) in [5, 5.41) is 19.2. The second-order valence-corrected chi connectivity index (χ2v) is 12.0. The minimum absolute atomic E-state index is 0.0737. The average Bonchev–Trinajstić information content (AvgIpc) is 3.08. The number of halogens is 6. The van der Waals surface area contributed by atoms with Crippen LogP contribution in [0.4, 0.5) is 26.3 Å². The Labute approximate surface area is 256 Å². The highest BCUT2D eigenvalue weighted by Gasteiger charge is 2.83. The molecule has 1 aliphatic carbocycles. The highest BCUT2D eigenvalue weighted by atomic mass is 19.3. The minimum atomic E-state index is -5.83. The zero-order valence-electron chi connectivity index (χ0n) is 24.7. The molecule has 5 rings (SSSR count). The standard InChI is InChI=1S/C35H30F6O4/c1-31(2,21-5-13-25(42)14-6-21)23-9-17-27(18-10-23)44-29-30(34(38,39)35(40,41)33(29,36)37)45-28-19-11-24(12-20-28)32(3,4)22-7-15-26(43)16-8-22/h5-20,42-43H,1-4H3. The molecule has 236 valence electrons. The molecule has 2 N–H and O–H groups in total. The first-order valence-electron chi connectivity index (χ1n) is 13.9. The predicted molar refractivity (Wildman–Crippen MR) is 156 cm³/mol. The third-order valence-electron chi connectivity index (χ3n) is 8.34. The number of allylic oxidation sites excluding steroid dienone is 2. The number of aromatic hydroxyl groups is 2. The molecule has 0 fully saturated rings. The summed E-state index contributed by atoms with van der Waals surface area (Å²) in [4.78, 5) is 0. The maximum atomic E-state index is 14.9. The number of ether oxygens (including phenoxy) is 2. The average molecular weight is 629 g/mol. The van der Waals surface area contributed by atoms with E-state index >= 15 is 0 Å². The molecule has 0 aromatic heterocycles. The van der Waals surface area contributed by atoms with Gasteiger partial charge in [-0.25, -0.2) is 0 Å². The van der Waals surface area contributed by atoms with E-state index in [-0.39, 0.29) is 23.0 Å². The molecule has 0 amide bonds. The van der Waals surface area contributed by atoms with E-state index in [1.165, 1.54) is 72.8 Å². The monoisotopic (exact) mass is 628 g/mol. The summed E-state index contributed by atoms with van der Waals surface area (Å²) in [6, 6.07) is 23.7. The number of phenols is 2. The van der Waals surface area contributed by atoms with Gasteiger partial charge in [0.1, 0.15) is 23.0 Å². The summed E-state index contributed by atoms with van der Waals surface area (Å²) in [6.07, 6.45) is 0. The fourth-order valence-corrected chi connectivity index (χ4v) is 5.19. The molecule has 0 saturated heterocycles. The first-order valence-corrected chi connectivity index (χ1v) is 13.9. The highest BCUT2D eigenvalue weighted by molar-refractivity contribution is 5.45. The van der Waals surface area contributed by atoms with Crippen LogP contribution in [-0.4, -0.2) is 28.0 Å². The summed E-state index contributed by atoms with van der Waals surface area (Å²) >= 11 is 0. The molecule has 45 heavy (non-hydrogen) atoms. The zero-order valence-corrected chi connectivity index (χ0v) is 24.7. The van der Waals surface area contributed by atoms with Crippen molar-refractivity contribution in [2.24, 2.45) is 0 Å². The molecule has 0 atom stereocenters. The van der Waals surface area contributed by atoms with Gasteiger partial charge >= 0.3 is 17.8 Å². The van der Waals surface area contributed by atoms with Crippen molar-refractivity contribution < 1.29 is 46.0 Å². The van der Waals surface area contributed by atoms with E-state index < -0.39 is 40.1 Å². The van der Waals surface area contributed by atoms with Crippen LogP contribution >= 0.6 is 0 Å². The van der Waals surface area contributed by atoms with E-state index in [0.29, 0.717) is 11.1 Å². The molecule has 4 aromatic rings. The molecule has 1 aliphatic rings. The lowest BCUT2D eigenvalue weighted by atomic mass is 9.78. The molecule has 0 saturated carbocycles. The molecular weight excluding hydrogens is 598 g/mol. The number of phenolic OH excluding ortho intramolecular Hbond substituents is 2. The lowest BCUT2D eigenvalue weighted by Gasteiger charge is -2.26. The molecule has 0 radical (unpaired) electrons. The largest absolute Gasteiger partial charge is 0.508 e. The Kier molecular flexibility index (Phi) is 7.62. The van der Waals surface area contributed by atoms with Crippen molar-refractivity contribution in [2.75, 3.05) is 0 Å².